The summed E-state index contributed by atoms with van der Waals surface area (Å²) in [6.07, 6.45) is 6.96. The minimum Gasteiger partial charge on any atom is -0.496 e. The second-order valence-electron chi connectivity index (χ2n) is 9.33. The van der Waals surface area contributed by atoms with E-state index in [1.807, 2.05) is 4.90 Å². The number of hydrogen-bond donors (Lipinski definition) is 0. The van der Waals surface area contributed by atoms with Gasteiger partial charge in [-0.3, -0.25) is 4.79 Å². The van der Waals surface area contributed by atoms with Gasteiger partial charge in [0, 0.05) is 24.7 Å². The number of methoxy groups -OCH3 is 1. The molecule has 0 aromatic heterocycles. The topological polar surface area (TPSA) is 29.5 Å². The van der Waals surface area contributed by atoms with Crippen LogP contribution in [0.15, 0.2) is 18.2 Å². The Morgan fingerprint density at radius 3 is 2.38 bits per heavy atom. The van der Waals surface area contributed by atoms with Crippen LogP contribution in [0.3, 0.4) is 0 Å². The molecule has 2 rings (SSSR count). The summed E-state index contributed by atoms with van der Waals surface area (Å²) in [7, 11) is 1.72. The van der Waals surface area contributed by atoms with Gasteiger partial charge in [0.1, 0.15) is 5.75 Å². The van der Waals surface area contributed by atoms with Crippen LogP contribution < -0.4 is 9.64 Å². The molecule has 0 aliphatic heterocycles. The van der Waals surface area contributed by atoms with Crippen molar-refractivity contribution in [2.45, 2.75) is 79.1 Å². The smallest absolute Gasteiger partial charge is 0.227 e. The van der Waals surface area contributed by atoms with Crippen molar-refractivity contribution in [1.29, 1.82) is 0 Å². The number of anilines is 1. The van der Waals surface area contributed by atoms with Gasteiger partial charge in [0.25, 0.3) is 0 Å². The lowest BCUT2D eigenvalue weighted by atomic mass is 9.87. The van der Waals surface area contributed by atoms with Gasteiger partial charge < -0.3 is 9.64 Å². The minimum absolute atomic E-state index is 0.0101. The Kier molecular flexibility index (Phi) is 7.14. The summed E-state index contributed by atoms with van der Waals surface area (Å²) in [4.78, 5) is 15.2. The summed E-state index contributed by atoms with van der Waals surface area (Å²) in [6.45, 7) is 11.6. The Balaban J connectivity index is 2.30. The van der Waals surface area contributed by atoms with E-state index in [2.05, 4.69) is 52.8 Å². The van der Waals surface area contributed by atoms with E-state index in [1.54, 1.807) is 7.11 Å². The molecule has 1 amide bonds. The van der Waals surface area contributed by atoms with E-state index in [9.17, 15) is 4.79 Å². The van der Waals surface area contributed by atoms with Crippen LogP contribution in [0.4, 0.5) is 5.69 Å². The van der Waals surface area contributed by atoms with Crippen LogP contribution in [0.25, 0.3) is 0 Å². The average molecular weight is 360 g/mol. The second kappa shape index (κ2) is 8.92. The Morgan fingerprint density at radius 1 is 1.19 bits per heavy atom. The van der Waals surface area contributed by atoms with Crippen LogP contribution >= 0.6 is 0 Å². The zero-order chi connectivity index (χ0) is 19.3. The van der Waals surface area contributed by atoms with Gasteiger partial charge in [-0.25, -0.2) is 0 Å². The SMILES string of the molecule is COc1cc(N(CC2CCCCC2)C(=O)CC(C)(C)C)ccc1C(C)C. The molecule has 0 heterocycles. The molecule has 26 heavy (non-hydrogen) atoms. The van der Waals surface area contributed by atoms with Crippen molar-refractivity contribution in [2.75, 3.05) is 18.6 Å². The third-order valence-electron chi connectivity index (χ3n) is 5.30. The van der Waals surface area contributed by atoms with Crippen molar-refractivity contribution < 1.29 is 9.53 Å². The molecule has 0 N–H and O–H groups in total. The number of carbonyl (C=O) groups excluding carboxylic acids is 1. The summed E-state index contributed by atoms with van der Waals surface area (Å²) in [5.41, 5.74) is 2.16. The summed E-state index contributed by atoms with van der Waals surface area (Å²) < 4.78 is 5.63. The Morgan fingerprint density at radius 2 is 1.85 bits per heavy atom. The Labute approximate surface area is 160 Å². The van der Waals surface area contributed by atoms with Crippen LogP contribution in [-0.4, -0.2) is 19.6 Å². The maximum absolute atomic E-state index is 13.1. The molecule has 3 nitrogen and oxygen atoms in total. The molecule has 0 unspecified atom stereocenters. The molecule has 1 fully saturated rings. The number of ether oxygens (including phenoxy) is 1. The van der Waals surface area contributed by atoms with Crippen molar-refractivity contribution in [3.63, 3.8) is 0 Å². The predicted molar refractivity (Wildman–Crippen MR) is 110 cm³/mol. The number of amides is 1. The second-order valence-corrected chi connectivity index (χ2v) is 9.33. The molecule has 0 radical (unpaired) electrons. The Hall–Kier alpha value is -1.51. The standard InChI is InChI=1S/C23H37NO2/c1-17(2)20-13-12-19(14-21(20)26-6)24(22(25)15-23(3,4)5)16-18-10-8-7-9-11-18/h12-14,17-18H,7-11,15-16H2,1-6H3. The highest BCUT2D eigenvalue weighted by Gasteiger charge is 2.26. The Bertz CT molecular complexity index is 595. The van der Waals surface area contributed by atoms with Crippen molar-refractivity contribution in [3.05, 3.63) is 23.8 Å². The highest BCUT2D eigenvalue weighted by Crippen LogP contribution is 2.34. The molecular weight excluding hydrogens is 322 g/mol. The van der Waals surface area contributed by atoms with Crippen LogP contribution in [0.5, 0.6) is 5.75 Å². The normalized spacial score (nSPS) is 16.0. The molecule has 1 saturated carbocycles. The number of benzene rings is 1. The highest BCUT2D eigenvalue weighted by atomic mass is 16.5. The fraction of sp³-hybridized carbons (Fsp3) is 0.696. The lowest BCUT2D eigenvalue weighted by Gasteiger charge is -2.32. The molecule has 1 aliphatic rings. The largest absolute Gasteiger partial charge is 0.496 e. The molecule has 1 aliphatic carbocycles. The first-order chi connectivity index (χ1) is 12.2. The minimum atomic E-state index is -0.0101. The molecule has 146 valence electrons. The molecule has 0 spiro atoms. The van der Waals surface area contributed by atoms with Gasteiger partial charge in [-0.1, -0.05) is 59.9 Å². The van der Waals surface area contributed by atoms with E-state index in [0.29, 0.717) is 18.3 Å². The molecule has 0 atom stereocenters. The number of nitrogens with zero attached hydrogens (tertiary/aromatic N) is 1. The van der Waals surface area contributed by atoms with Gasteiger partial charge >= 0.3 is 0 Å². The summed E-state index contributed by atoms with van der Waals surface area (Å²) in [5, 5.41) is 0. The van der Waals surface area contributed by atoms with Crippen molar-refractivity contribution in [1.82, 2.24) is 0 Å². The first kappa shape index (κ1) is 20.8. The monoisotopic (exact) mass is 359 g/mol. The maximum Gasteiger partial charge on any atom is 0.227 e. The fourth-order valence-corrected chi connectivity index (χ4v) is 3.87. The lowest BCUT2D eigenvalue weighted by Crippen LogP contribution is -2.38. The first-order valence-corrected chi connectivity index (χ1v) is 10.2. The number of carbonyl (C=O) groups is 1. The van der Waals surface area contributed by atoms with Gasteiger partial charge in [-0.2, -0.15) is 0 Å². The van der Waals surface area contributed by atoms with Crippen LogP contribution in [0, 0.1) is 11.3 Å². The maximum atomic E-state index is 13.1. The van der Waals surface area contributed by atoms with E-state index in [4.69, 9.17) is 4.74 Å². The third-order valence-corrected chi connectivity index (χ3v) is 5.30. The molecular formula is C23H37NO2. The van der Waals surface area contributed by atoms with Crippen LogP contribution in [-0.2, 0) is 4.79 Å². The number of rotatable bonds is 6. The summed E-state index contributed by atoms with van der Waals surface area (Å²) in [6, 6.07) is 6.27. The molecule has 3 heteroatoms. The molecule has 0 bridgehead atoms. The van der Waals surface area contributed by atoms with Crippen LogP contribution in [0.1, 0.15) is 84.6 Å². The average Bonchev–Trinajstić information content (AvgIpc) is 2.58. The van der Waals surface area contributed by atoms with Crippen molar-refractivity contribution in [2.24, 2.45) is 11.3 Å². The predicted octanol–water partition coefficient (Wildman–Crippen LogP) is 6.17. The van der Waals surface area contributed by atoms with Crippen molar-refractivity contribution in [3.8, 4) is 5.75 Å². The quantitative estimate of drug-likeness (QED) is 0.608. The fourth-order valence-electron chi connectivity index (χ4n) is 3.87. The van der Waals surface area contributed by atoms with E-state index < -0.39 is 0 Å². The summed E-state index contributed by atoms with van der Waals surface area (Å²) in [5.74, 6) is 2.12. The first-order valence-electron chi connectivity index (χ1n) is 10.2. The van der Waals surface area contributed by atoms with E-state index in [0.717, 1.165) is 18.0 Å². The van der Waals surface area contributed by atoms with Gasteiger partial charge in [0.05, 0.1) is 7.11 Å². The van der Waals surface area contributed by atoms with Crippen molar-refractivity contribution >= 4 is 11.6 Å². The molecule has 0 saturated heterocycles. The zero-order valence-electron chi connectivity index (χ0n) is 17.6. The zero-order valence-corrected chi connectivity index (χ0v) is 17.6. The lowest BCUT2D eigenvalue weighted by molar-refractivity contribution is -0.120. The van der Waals surface area contributed by atoms with Gasteiger partial charge in [0.15, 0.2) is 0 Å². The van der Waals surface area contributed by atoms with Gasteiger partial charge in [-0.15, -0.1) is 0 Å². The summed E-state index contributed by atoms with van der Waals surface area (Å²) >= 11 is 0. The van der Waals surface area contributed by atoms with Gasteiger partial charge in [-0.05, 0) is 41.7 Å². The third kappa shape index (κ3) is 5.75. The van der Waals surface area contributed by atoms with E-state index >= 15 is 0 Å². The number of hydrogen-bond acceptors (Lipinski definition) is 2. The molecule has 1 aromatic carbocycles. The van der Waals surface area contributed by atoms with Crippen LogP contribution in [0.2, 0.25) is 0 Å². The highest BCUT2D eigenvalue weighted by molar-refractivity contribution is 5.94. The van der Waals surface area contributed by atoms with E-state index in [1.165, 1.54) is 37.7 Å². The van der Waals surface area contributed by atoms with Gasteiger partial charge in [0.2, 0.25) is 5.91 Å². The molecule has 1 aromatic rings. The van der Waals surface area contributed by atoms with E-state index in [-0.39, 0.29) is 11.3 Å².